The molecule has 0 spiro atoms. The second-order valence-corrected chi connectivity index (χ2v) is 8.64. The molecular weight excluding hydrogens is 346 g/mol. The van der Waals surface area contributed by atoms with Gasteiger partial charge < -0.3 is 9.80 Å². The molecular formula is C19H27N5O3. The van der Waals surface area contributed by atoms with Crippen LogP contribution in [0.15, 0.2) is 4.79 Å². The molecule has 5 rings (SSSR count). The van der Waals surface area contributed by atoms with Crippen LogP contribution in [0.5, 0.6) is 0 Å². The third-order valence-corrected chi connectivity index (χ3v) is 6.68. The standard InChI is InChI=1S/C19H27N5O3/c25-16(22-9-1-2-10-22)19(7-8-19)17(26)23-11-5-14(6-12-23)24-18(27)20-15(21-24)13-3-4-13/h13-14H,1-12H2,(H,20,21,27). The highest BCUT2D eigenvalue weighted by molar-refractivity contribution is 6.07. The van der Waals surface area contributed by atoms with Gasteiger partial charge in [0, 0.05) is 32.1 Å². The van der Waals surface area contributed by atoms with E-state index < -0.39 is 5.41 Å². The molecule has 2 saturated carbocycles. The smallest absolute Gasteiger partial charge is 0.342 e. The van der Waals surface area contributed by atoms with Gasteiger partial charge >= 0.3 is 5.69 Å². The monoisotopic (exact) mass is 373 g/mol. The number of H-pyrrole nitrogens is 1. The molecule has 1 aromatic heterocycles. The first-order valence-corrected chi connectivity index (χ1v) is 10.4. The van der Waals surface area contributed by atoms with E-state index in [1.165, 1.54) is 0 Å². The van der Waals surface area contributed by atoms with Gasteiger partial charge in [0.1, 0.15) is 11.2 Å². The number of amides is 2. The van der Waals surface area contributed by atoms with E-state index in [-0.39, 0.29) is 23.5 Å². The van der Waals surface area contributed by atoms with Gasteiger partial charge in [-0.15, -0.1) is 0 Å². The number of rotatable bonds is 4. The topological polar surface area (TPSA) is 91.3 Å². The van der Waals surface area contributed by atoms with Crippen LogP contribution in [0.25, 0.3) is 0 Å². The minimum Gasteiger partial charge on any atom is -0.342 e. The Morgan fingerprint density at radius 2 is 1.52 bits per heavy atom. The zero-order chi connectivity index (χ0) is 18.6. The van der Waals surface area contributed by atoms with Crippen LogP contribution in [0.2, 0.25) is 0 Å². The molecule has 3 heterocycles. The lowest BCUT2D eigenvalue weighted by Crippen LogP contribution is -2.49. The summed E-state index contributed by atoms with van der Waals surface area (Å²) in [6.45, 7) is 2.77. The number of carbonyl (C=O) groups excluding carboxylic acids is 2. The Bertz CT molecular complexity index is 806. The van der Waals surface area contributed by atoms with Gasteiger partial charge in [0.05, 0.1) is 6.04 Å². The first kappa shape index (κ1) is 17.0. The minimum atomic E-state index is -0.778. The van der Waals surface area contributed by atoms with E-state index in [0.29, 0.717) is 44.7 Å². The predicted octanol–water partition coefficient (Wildman–Crippen LogP) is 1.01. The van der Waals surface area contributed by atoms with Crippen molar-refractivity contribution in [2.45, 2.75) is 63.3 Å². The van der Waals surface area contributed by atoms with Crippen molar-refractivity contribution < 1.29 is 9.59 Å². The van der Waals surface area contributed by atoms with E-state index in [4.69, 9.17) is 0 Å². The number of hydrogen-bond donors (Lipinski definition) is 1. The van der Waals surface area contributed by atoms with Crippen molar-refractivity contribution >= 4 is 11.8 Å². The van der Waals surface area contributed by atoms with Crippen molar-refractivity contribution in [2.24, 2.45) is 5.41 Å². The quantitative estimate of drug-likeness (QED) is 0.798. The fourth-order valence-electron chi connectivity index (χ4n) is 4.62. The molecule has 0 bridgehead atoms. The Morgan fingerprint density at radius 1 is 0.926 bits per heavy atom. The summed E-state index contributed by atoms with van der Waals surface area (Å²) in [5.74, 6) is 1.29. The highest BCUT2D eigenvalue weighted by atomic mass is 16.2. The van der Waals surface area contributed by atoms with Crippen molar-refractivity contribution in [3.8, 4) is 0 Å². The Balaban J connectivity index is 1.23. The minimum absolute atomic E-state index is 0.00546. The number of hydrogen-bond acceptors (Lipinski definition) is 4. The summed E-state index contributed by atoms with van der Waals surface area (Å²) in [6.07, 6.45) is 7.10. The van der Waals surface area contributed by atoms with E-state index in [9.17, 15) is 14.4 Å². The van der Waals surface area contributed by atoms with Crippen LogP contribution in [0.3, 0.4) is 0 Å². The number of aromatic nitrogens is 3. The molecule has 2 aliphatic carbocycles. The number of nitrogens with one attached hydrogen (secondary N) is 1. The van der Waals surface area contributed by atoms with Gasteiger partial charge in [-0.1, -0.05) is 0 Å². The van der Waals surface area contributed by atoms with E-state index in [1.807, 2.05) is 9.80 Å². The van der Waals surface area contributed by atoms with E-state index in [2.05, 4.69) is 10.1 Å². The van der Waals surface area contributed by atoms with Crippen LogP contribution in [-0.4, -0.2) is 62.6 Å². The summed E-state index contributed by atoms with van der Waals surface area (Å²) < 4.78 is 1.58. The fraction of sp³-hybridized carbons (Fsp3) is 0.789. The molecule has 146 valence electrons. The van der Waals surface area contributed by atoms with Crippen LogP contribution >= 0.6 is 0 Å². The van der Waals surface area contributed by atoms with Crippen molar-refractivity contribution in [1.82, 2.24) is 24.6 Å². The maximum absolute atomic E-state index is 13.1. The van der Waals surface area contributed by atoms with Gasteiger partial charge in [-0.25, -0.2) is 9.48 Å². The summed E-state index contributed by atoms with van der Waals surface area (Å²) in [4.78, 5) is 44.7. The van der Waals surface area contributed by atoms with Crippen LogP contribution in [0.4, 0.5) is 0 Å². The van der Waals surface area contributed by atoms with Gasteiger partial charge in [-0.05, 0) is 51.4 Å². The number of likely N-dealkylation sites (tertiary alicyclic amines) is 2. The highest BCUT2D eigenvalue weighted by Crippen LogP contribution is 2.49. The fourth-order valence-corrected chi connectivity index (χ4v) is 4.62. The number of aromatic amines is 1. The lowest BCUT2D eigenvalue weighted by atomic mass is 9.99. The molecule has 8 nitrogen and oxygen atoms in total. The maximum Gasteiger partial charge on any atom is 0.343 e. The van der Waals surface area contributed by atoms with Gasteiger partial charge in [0.25, 0.3) is 0 Å². The molecule has 2 amide bonds. The van der Waals surface area contributed by atoms with Gasteiger partial charge in [0.2, 0.25) is 11.8 Å². The summed E-state index contributed by atoms with van der Waals surface area (Å²) in [6, 6.07) is 0.0368. The van der Waals surface area contributed by atoms with Gasteiger partial charge in [0.15, 0.2) is 0 Å². The highest BCUT2D eigenvalue weighted by Gasteiger charge is 2.59. The zero-order valence-electron chi connectivity index (χ0n) is 15.7. The third-order valence-electron chi connectivity index (χ3n) is 6.68. The van der Waals surface area contributed by atoms with E-state index in [0.717, 1.165) is 44.6 Å². The number of piperidine rings is 1. The van der Waals surface area contributed by atoms with Crippen molar-refractivity contribution in [3.63, 3.8) is 0 Å². The molecule has 0 unspecified atom stereocenters. The van der Waals surface area contributed by atoms with E-state index >= 15 is 0 Å². The van der Waals surface area contributed by atoms with Crippen molar-refractivity contribution in [3.05, 3.63) is 16.3 Å². The Morgan fingerprint density at radius 3 is 2.07 bits per heavy atom. The molecule has 2 aliphatic heterocycles. The predicted molar refractivity (Wildman–Crippen MR) is 97.2 cm³/mol. The zero-order valence-corrected chi connectivity index (χ0v) is 15.7. The largest absolute Gasteiger partial charge is 0.343 e. The molecule has 27 heavy (non-hydrogen) atoms. The lowest BCUT2D eigenvalue weighted by Gasteiger charge is -2.34. The molecule has 0 atom stereocenters. The Labute approximate surface area is 157 Å². The molecule has 0 radical (unpaired) electrons. The average molecular weight is 373 g/mol. The van der Waals surface area contributed by atoms with Gasteiger partial charge in [-0.3, -0.25) is 14.6 Å². The molecule has 4 aliphatic rings. The van der Waals surface area contributed by atoms with Crippen molar-refractivity contribution in [2.75, 3.05) is 26.2 Å². The van der Waals surface area contributed by atoms with Crippen LogP contribution in [-0.2, 0) is 9.59 Å². The Kier molecular flexibility index (Phi) is 3.91. The van der Waals surface area contributed by atoms with Crippen LogP contribution in [0.1, 0.15) is 69.2 Å². The molecule has 0 aromatic carbocycles. The van der Waals surface area contributed by atoms with E-state index in [1.54, 1.807) is 4.68 Å². The summed E-state index contributed by atoms with van der Waals surface area (Å²) in [5, 5.41) is 4.49. The average Bonchev–Trinajstić information content (AvgIpc) is 3.60. The van der Waals surface area contributed by atoms with Crippen LogP contribution in [0, 0.1) is 5.41 Å². The van der Waals surface area contributed by atoms with Crippen LogP contribution < -0.4 is 5.69 Å². The molecule has 8 heteroatoms. The first-order chi connectivity index (χ1) is 13.1. The number of nitrogens with zero attached hydrogens (tertiary/aromatic N) is 4. The first-order valence-electron chi connectivity index (χ1n) is 10.4. The second kappa shape index (κ2) is 6.21. The second-order valence-electron chi connectivity index (χ2n) is 8.64. The van der Waals surface area contributed by atoms with Gasteiger partial charge in [-0.2, -0.15) is 5.10 Å². The molecule has 4 fully saturated rings. The molecule has 1 N–H and O–H groups in total. The summed E-state index contributed by atoms with van der Waals surface area (Å²) in [5.41, 5.74) is -0.913. The SMILES string of the molecule is O=C(N1CCCC1)C1(C(=O)N2CCC(n3nc(C4CC4)[nH]c3=O)CC2)CC1. The third kappa shape index (κ3) is 2.89. The normalized spacial score (nSPS) is 25.0. The molecule has 2 saturated heterocycles. The summed E-state index contributed by atoms with van der Waals surface area (Å²) >= 11 is 0. The van der Waals surface area contributed by atoms with Crippen molar-refractivity contribution in [1.29, 1.82) is 0 Å². The maximum atomic E-state index is 13.1. The number of carbonyl (C=O) groups is 2. The lowest BCUT2D eigenvalue weighted by molar-refractivity contribution is -0.149. The summed E-state index contributed by atoms with van der Waals surface area (Å²) in [7, 11) is 0. The molecule has 1 aromatic rings. The Hall–Kier alpha value is -2.12.